The summed E-state index contributed by atoms with van der Waals surface area (Å²) in [6.07, 6.45) is 1.51. The zero-order chi connectivity index (χ0) is 13.8. The summed E-state index contributed by atoms with van der Waals surface area (Å²) < 4.78 is 5.19. The molecule has 19 heavy (non-hydrogen) atoms. The summed E-state index contributed by atoms with van der Waals surface area (Å²) in [5.74, 6) is 1.24. The molecule has 0 aliphatic heterocycles. The van der Waals surface area contributed by atoms with Crippen molar-refractivity contribution in [3.63, 3.8) is 0 Å². The normalized spacial score (nSPS) is 10.0. The van der Waals surface area contributed by atoms with Crippen LogP contribution in [0.1, 0.15) is 5.56 Å². The number of hydrogen-bond acceptors (Lipinski definition) is 5. The molecule has 3 N–H and O–H groups in total. The molecule has 2 rings (SSSR count). The van der Waals surface area contributed by atoms with Crippen molar-refractivity contribution in [1.82, 2.24) is 10.2 Å². The van der Waals surface area contributed by atoms with Crippen molar-refractivity contribution in [2.24, 2.45) is 5.73 Å². The van der Waals surface area contributed by atoms with Crippen LogP contribution < -0.4 is 15.4 Å². The van der Waals surface area contributed by atoms with Crippen LogP contribution in [-0.2, 0) is 0 Å². The van der Waals surface area contributed by atoms with E-state index in [0.717, 1.165) is 11.4 Å². The van der Waals surface area contributed by atoms with Crippen LogP contribution in [0, 0.1) is 5.41 Å². The lowest BCUT2D eigenvalue weighted by Gasteiger charge is -2.20. The lowest BCUT2D eigenvalue weighted by molar-refractivity contribution is 0.415. The first-order valence-electron chi connectivity index (χ1n) is 5.67. The quantitative estimate of drug-likeness (QED) is 0.640. The highest BCUT2D eigenvalue weighted by Gasteiger charge is 2.13. The molecule has 0 amide bonds. The van der Waals surface area contributed by atoms with Crippen LogP contribution in [0.3, 0.4) is 0 Å². The van der Waals surface area contributed by atoms with Gasteiger partial charge in [0.15, 0.2) is 5.82 Å². The Bertz CT molecular complexity index is 599. The fourth-order valence-corrected chi connectivity index (χ4v) is 1.72. The highest BCUT2D eigenvalue weighted by Crippen LogP contribution is 2.26. The summed E-state index contributed by atoms with van der Waals surface area (Å²) in [5.41, 5.74) is 6.97. The molecule has 0 saturated carbocycles. The van der Waals surface area contributed by atoms with Gasteiger partial charge in [-0.05, 0) is 18.2 Å². The van der Waals surface area contributed by atoms with Gasteiger partial charge in [0.2, 0.25) is 0 Å². The van der Waals surface area contributed by atoms with Crippen LogP contribution in [-0.4, -0.2) is 30.2 Å². The molecule has 0 aliphatic carbocycles. The van der Waals surface area contributed by atoms with E-state index in [9.17, 15) is 0 Å². The van der Waals surface area contributed by atoms with Crippen LogP contribution in [0.4, 0.5) is 11.5 Å². The van der Waals surface area contributed by atoms with Crippen molar-refractivity contribution in [2.75, 3.05) is 19.1 Å². The number of hydrogen-bond donors (Lipinski definition) is 2. The maximum absolute atomic E-state index is 7.57. The van der Waals surface area contributed by atoms with E-state index >= 15 is 0 Å². The molecule has 6 nitrogen and oxygen atoms in total. The molecule has 2 aromatic rings. The van der Waals surface area contributed by atoms with Crippen molar-refractivity contribution in [2.45, 2.75) is 0 Å². The summed E-state index contributed by atoms with van der Waals surface area (Å²) in [7, 11) is 3.45. The van der Waals surface area contributed by atoms with Gasteiger partial charge in [-0.15, -0.1) is 5.10 Å². The molecule has 1 heterocycles. The molecule has 0 fully saturated rings. The van der Waals surface area contributed by atoms with Gasteiger partial charge in [0.05, 0.1) is 18.9 Å². The maximum atomic E-state index is 7.57. The number of methoxy groups -OCH3 is 1. The van der Waals surface area contributed by atoms with E-state index in [1.807, 2.05) is 36.2 Å². The van der Waals surface area contributed by atoms with Crippen LogP contribution in [0.5, 0.6) is 5.75 Å². The van der Waals surface area contributed by atoms with E-state index in [4.69, 9.17) is 15.9 Å². The summed E-state index contributed by atoms with van der Waals surface area (Å²) >= 11 is 0. The molecule has 0 atom stereocenters. The third kappa shape index (κ3) is 2.62. The minimum Gasteiger partial charge on any atom is -0.497 e. The number of benzene rings is 1. The van der Waals surface area contributed by atoms with Gasteiger partial charge in [0.25, 0.3) is 0 Å². The first-order valence-corrected chi connectivity index (χ1v) is 5.67. The molecule has 0 spiro atoms. The van der Waals surface area contributed by atoms with Crippen LogP contribution in [0.2, 0.25) is 0 Å². The van der Waals surface area contributed by atoms with Crippen molar-refractivity contribution < 1.29 is 4.74 Å². The standard InChI is InChI=1S/C13H15N5O/c1-18(9-4-3-5-10(8-9)19-2)13-11(12(14)15)6-7-16-17-13/h3-8H,1-2H3,(H3,14,15). The molecule has 0 radical (unpaired) electrons. The second-order valence-electron chi connectivity index (χ2n) is 3.94. The number of nitrogen functional groups attached to an aromatic ring is 1. The summed E-state index contributed by atoms with van der Waals surface area (Å²) in [6.45, 7) is 0. The average molecular weight is 257 g/mol. The maximum Gasteiger partial charge on any atom is 0.166 e. The van der Waals surface area contributed by atoms with Crippen LogP contribution >= 0.6 is 0 Å². The number of nitrogens with two attached hydrogens (primary N) is 1. The first-order chi connectivity index (χ1) is 9.13. The Morgan fingerprint density at radius 3 is 2.84 bits per heavy atom. The first kappa shape index (κ1) is 12.8. The Morgan fingerprint density at radius 2 is 2.16 bits per heavy atom. The van der Waals surface area contributed by atoms with Crippen molar-refractivity contribution >= 4 is 17.3 Å². The van der Waals surface area contributed by atoms with Crippen molar-refractivity contribution in [1.29, 1.82) is 5.41 Å². The van der Waals surface area contributed by atoms with Gasteiger partial charge >= 0.3 is 0 Å². The molecule has 6 heteroatoms. The average Bonchev–Trinajstić information content (AvgIpc) is 2.46. The number of rotatable bonds is 4. The second kappa shape index (κ2) is 5.34. The third-order valence-corrected chi connectivity index (χ3v) is 2.75. The lowest BCUT2D eigenvalue weighted by atomic mass is 10.2. The molecule has 0 aliphatic rings. The fraction of sp³-hybridized carbons (Fsp3) is 0.154. The molecular formula is C13H15N5O. The van der Waals surface area contributed by atoms with Crippen LogP contribution in [0.25, 0.3) is 0 Å². The van der Waals surface area contributed by atoms with Crippen molar-refractivity contribution in [3.05, 3.63) is 42.1 Å². The molecular weight excluding hydrogens is 242 g/mol. The Morgan fingerprint density at radius 1 is 1.37 bits per heavy atom. The van der Waals surface area contributed by atoms with E-state index in [-0.39, 0.29) is 5.84 Å². The van der Waals surface area contributed by atoms with E-state index in [1.54, 1.807) is 13.2 Å². The summed E-state index contributed by atoms with van der Waals surface area (Å²) in [5, 5.41) is 15.5. The molecule has 0 saturated heterocycles. The highest BCUT2D eigenvalue weighted by molar-refractivity contribution is 6.00. The Hall–Kier alpha value is -2.63. The number of ether oxygens (including phenoxy) is 1. The largest absolute Gasteiger partial charge is 0.497 e. The molecule has 0 bridgehead atoms. The highest BCUT2D eigenvalue weighted by atomic mass is 16.5. The summed E-state index contributed by atoms with van der Waals surface area (Å²) in [6, 6.07) is 9.20. The van der Waals surface area contributed by atoms with E-state index in [1.165, 1.54) is 6.20 Å². The number of amidine groups is 1. The lowest BCUT2D eigenvalue weighted by Crippen LogP contribution is -2.20. The van der Waals surface area contributed by atoms with Crippen LogP contribution in [0.15, 0.2) is 36.5 Å². The Labute approximate surface area is 111 Å². The minimum atomic E-state index is -0.0420. The Kier molecular flexibility index (Phi) is 3.61. The number of aromatic nitrogens is 2. The summed E-state index contributed by atoms with van der Waals surface area (Å²) in [4.78, 5) is 1.81. The molecule has 1 aromatic heterocycles. The SMILES string of the molecule is COc1cccc(N(C)c2nnccc2C(=N)N)c1. The molecule has 0 unspecified atom stereocenters. The molecule has 1 aromatic carbocycles. The van der Waals surface area contributed by atoms with Crippen molar-refractivity contribution in [3.8, 4) is 5.75 Å². The predicted molar refractivity (Wildman–Crippen MR) is 74.1 cm³/mol. The number of nitrogens with zero attached hydrogens (tertiary/aromatic N) is 3. The Balaban J connectivity index is 2.43. The number of nitrogens with one attached hydrogen (secondary N) is 1. The van der Waals surface area contributed by atoms with Gasteiger partial charge in [-0.3, -0.25) is 5.41 Å². The fourth-order valence-electron chi connectivity index (χ4n) is 1.72. The minimum absolute atomic E-state index is 0.0420. The zero-order valence-corrected chi connectivity index (χ0v) is 10.8. The van der Waals surface area contributed by atoms with E-state index in [2.05, 4.69) is 10.2 Å². The zero-order valence-electron chi connectivity index (χ0n) is 10.8. The van der Waals surface area contributed by atoms with Gasteiger partial charge in [-0.1, -0.05) is 6.07 Å². The second-order valence-corrected chi connectivity index (χ2v) is 3.94. The van der Waals surface area contributed by atoms with Gasteiger partial charge in [-0.2, -0.15) is 5.10 Å². The van der Waals surface area contributed by atoms with Gasteiger partial charge in [0, 0.05) is 18.8 Å². The number of anilines is 2. The van der Waals surface area contributed by atoms with Gasteiger partial charge in [-0.25, -0.2) is 0 Å². The predicted octanol–water partition coefficient (Wildman–Crippen LogP) is 1.54. The monoisotopic (exact) mass is 257 g/mol. The molecule has 98 valence electrons. The van der Waals surface area contributed by atoms with Gasteiger partial charge in [0.1, 0.15) is 11.6 Å². The third-order valence-electron chi connectivity index (χ3n) is 2.75. The topological polar surface area (TPSA) is 88.1 Å². The van der Waals surface area contributed by atoms with E-state index in [0.29, 0.717) is 11.4 Å². The van der Waals surface area contributed by atoms with Gasteiger partial charge < -0.3 is 15.4 Å². The van der Waals surface area contributed by atoms with E-state index < -0.39 is 0 Å². The smallest absolute Gasteiger partial charge is 0.166 e.